The zero-order valence-corrected chi connectivity index (χ0v) is 17.3. The van der Waals surface area contributed by atoms with Gasteiger partial charge >= 0.3 is 0 Å². The van der Waals surface area contributed by atoms with Crippen molar-refractivity contribution in [3.05, 3.63) is 29.8 Å². The first kappa shape index (κ1) is 21.3. The zero-order valence-electron chi connectivity index (χ0n) is 15.5. The Hall–Kier alpha value is -0.733. The molecule has 0 spiro atoms. The highest BCUT2D eigenvalue weighted by molar-refractivity contribution is 7.86. The summed E-state index contributed by atoms with van der Waals surface area (Å²) in [5.41, 5.74) is 0.969. The molecule has 0 unspecified atom stereocenters. The topological polar surface area (TPSA) is 72.8 Å². The highest BCUT2D eigenvalue weighted by Gasteiger charge is 2.37. The molecule has 1 aromatic carbocycles. The van der Waals surface area contributed by atoms with E-state index < -0.39 is 24.5 Å². The fourth-order valence-corrected chi connectivity index (χ4v) is 3.69. The molecule has 0 radical (unpaired) electrons. The molecule has 0 aliphatic carbocycles. The van der Waals surface area contributed by atoms with Crippen LogP contribution in [0.15, 0.2) is 29.2 Å². The van der Waals surface area contributed by atoms with Crippen molar-refractivity contribution in [2.24, 2.45) is 0 Å². The molecule has 1 aromatic rings. The third-order valence-corrected chi connectivity index (χ3v) is 10.3. The van der Waals surface area contributed by atoms with Crippen molar-refractivity contribution in [3.8, 4) is 0 Å². The summed E-state index contributed by atoms with van der Waals surface area (Å²) < 4.78 is 35.0. The largest absolute Gasteiger partial charge is 0.417 e. The van der Waals surface area contributed by atoms with Crippen LogP contribution in [0.5, 0.6) is 0 Å². The lowest BCUT2D eigenvalue weighted by Crippen LogP contribution is -2.41. The number of benzene rings is 1. The standard InChI is InChI=1S/C17H30O5SSi/c1-14-7-9-16(10-8-14)23(19,20)21-13-15(18)11-12-22-24(5,6)17(2,3)4/h7-10,15,18H,11-13H2,1-6H3/t15-/m0/s1. The van der Waals surface area contributed by atoms with Crippen LogP contribution in [0.3, 0.4) is 0 Å². The number of aryl methyl sites for hydroxylation is 1. The summed E-state index contributed by atoms with van der Waals surface area (Å²) in [6.45, 7) is 12.7. The number of aliphatic hydroxyl groups excluding tert-OH is 1. The molecule has 1 rings (SSSR count). The van der Waals surface area contributed by atoms with Crippen LogP contribution in [0, 0.1) is 6.92 Å². The van der Waals surface area contributed by atoms with Crippen LogP contribution in [0.4, 0.5) is 0 Å². The molecule has 0 heterocycles. The monoisotopic (exact) mass is 374 g/mol. The minimum Gasteiger partial charge on any atom is -0.417 e. The Bertz CT molecular complexity index is 617. The van der Waals surface area contributed by atoms with Gasteiger partial charge < -0.3 is 9.53 Å². The summed E-state index contributed by atoms with van der Waals surface area (Å²) in [6, 6.07) is 6.41. The lowest BCUT2D eigenvalue weighted by atomic mass is 10.2. The van der Waals surface area contributed by atoms with Crippen molar-refractivity contribution in [2.75, 3.05) is 13.2 Å². The van der Waals surface area contributed by atoms with Gasteiger partial charge in [0.05, 0.1) is 17.6 Å². The molecule has 0 saturated heterocycles. The number of aliphatic hydroxyl groups is 1. The second kappa shape index (κ2) is 8.10. The van der Waals surface area contributed by atoms with Crippen LogP contribution < -0.4 is 0 Å². The van der Waals surface area contributed by atoms with Crippen LogP contribution in [0.1, 0.15) is 32.8 Å². The molecule has 0 fully saturated rings. The molecule has 1 atom stereocenters. The third-order valence-electron chi connectivity index (χ3n) is 4.45. The highest BCUT2D eigenvalue weighted by Crippen LogP contribution is 2.36. The smallest absolute Gasteiger partial charge is 0.297 e. The maximum absolute atomic E-state index is 12.1. The van der Waals surface area contributed by atoms with Crippen molar-refractivity contribution in [2.45, 2.75) is 63.2 Å². The zero-order chi connectivity index (χ0) is 18.6. The van der Waals surface area contributed by atoms with Crippen LogP contribution >= 0.6 is 0 Å². The van der Waals surface area contributed by atoms with E-state index in [1.165, 1.54) is 12.1 Å². The van der Waals surface area contributed by atoms with Gasteiger partial charge in [0.1, 0.15) is 0 Å². The van der Waals surface area contributed by atoms with E-state index in [-0.39, 0.29) is 16.5 Å². The first-order valence-electron chi connectivity index (χ1n) is 8.13. The van der Waals surface area contributed by atoms with Gasteiger partial charge in [0.2, 0.25) is 0 Å². The molecule has 0 aromatic heterocycles. The van der Waals surface area contributed by atoms with E-state index in [1.807, 2.05) is 6.92 Å². The highest BCUT2D eigenvalue weighted by atomic mass is 32.2. The molecule has 5 nitrogen and oxygen atoms in total. The van der Waals surface area contributed by atoms with Gasteiger partial charge in [-0.25, -0.2) is 0 Å². The maximum atomic E-state index is 12.1. The van der Waals surface area contributed by atoms with Crippen LogP contribution in [-0.2, 0) is 18.7 Å². The van der Waals surface area contributed by atoms with Crippen molar-refractivity contribution in [1.29, 1.82) is 0 Å². The fraction of sp³-hybridized carbons (Fsp3) is 0.647. The minimum absolute atomic E-state index is 0.0952. The number of hydrogen-bond acceptors (Lipinski definition) is 5. The lowest BCUT2D eigenvalue weighted by molar-refractivity contribution is 0.0861. The summed E-state index contributed by atoms with van der Waals surface area (Å²) >= 11 is 0. The van der Waals surface area contributed by atoms with Gasteiger partial charge in [-0.05, 0) is 43.6 Å². The van der Waals surface area contributed by atoms with Gasteiger partial charge in [0.25, 0.3) is 10.1 Å². The second-order valence-corrected chi connectivity index (χ2v) is 14.0. The molecule has 0 amide bonds. The van der Waals surface area contributed by atoms with E-state index in [0.29, 0.717) is 13.0 Å². The molecule has 0 saturated carbocycles. The van der Waals surface area contributed by atoms with Gasteiger partial charge in [-0.3, -0.25) is 4.18 Å². The Morgan fingerprint density at radius 3 is 2.21 bits per heavy atom. The molecule has 1 N–H and O–H groups in total. The first-order chi connectivity index (χ1) is 10.8. The average Bonchev–Trinajstić information content (AvgIpc) is 2.44. The van der Waals surface area contributed by atoms with Gasteiger partial charge in [0, 0.05) is 6.61 Å². The molecular formula is C17H30O5SSi. The average molecular weight is 375 g/mol. The van der Waals surface area contributed by atoms with Crippen molar-refractivity contribution in [3.63, 3.8) is 0 Å². The number of rotatable bonds is 8. The van der Waals surface area contributed by atoms with Crippen molar-refractivity contribution < 1.29 is 22.1 Å². The van der Waals surface area contributed by atoms with E-state index >= 15 is 0 Å². The van der Waals surface area contributed by atoms with Crippen LogP contribution in [-0.4, -0.2) is 41.2 Å². The predicted molar refractivity (Wildman–Crippen MR) is 98.1 cm³/mol. The molecule has 138 valence electrons. The first-order valence-corrected chi connectivity index (χ1v) is 12.4. The molecule has 0 bridgehead atoms. The molecule has 24 heavy (non-hydrogen) atoms. The Morgan fingerprint density at radius 1 is 1.17 bits per heavy atom. The molecular weight excluding hydrogens is 344 g/mol. The Balaban J connectivity index is 2.46. The van der Waals surface area contributed by atoms with E-state index in [1.54, 1.807) is 12.1 Å². The van der Waals surface area contributed by atoms with Gasteiger partial charge in [-0.2, -0.15) is 8.42 Å². The summed E-state index contributed by atoms with van der Waals surface area (Å²) in [4.78, 5) is 0.0952. The number of hydrogen-bond donors (Lipinski definition) is 1. The quantitative estimate of drug-likeness (QED) is 0.557. The molecule has 0 aliphatic heterocycles. The third kappa shape index (κ3) is 6.29. The van der Waals surface area contributed by atoms with E-state index in [0.717, 1.165) is 5.56 Å². The van der Waals surface area contributed by atoms with Gasteiger partial charge in [-0.15, -0.1) is 0 Å². The Kier molecular flexibility index (Phi) is 7.19. The Labute approximate surface area is 147 Å². The summed E-state index contributed by atoms with van der Waals surface area (Å²) in [6.07, 6.45) is -0.536. The maximum Gasteiger partial charge on any atom is 0.297 e. The van der Waals surface area contributed by atoms with E-state index in [4.69, 9.17) is 8.61 Å². The second-order valence-electron chi connectivity index (χ2n) is 7.60. The van der Waals surface area contributed by atoms with Crippen LogP contribution in [0.25, 0.3) is 0 Å². The van der Waals surface area contributed by atoms with Gasteiger partial charge in [0.15, 0.2) is 8.32 Å². The SMILES string of the molecule is Cc1ccc(S(=O)(=O)OC[C@@H](O)CCO[Si](C)(C)C(C)(C)C)cc1. The molecule has 7 heteroatoms. The van der Waals surface area contributed by atoms with E-state index in [2.05, 4.69) is 33.9 Å². The summed E-state index contributed by atoms with van der Waals surface area (Å²) in [5.74, 6) is 0. The molecule has 0 aliphatic rings. The lowest BCUT2D eigenvalue weighted by Gasteiger charge is -2.36. The predicted octanol–water partition coefficient (Wildman–Crippen LogP) is 3.47. The normalized spacial score (nSPS) is 14.6. The fourth-order valence-electron chi connectivity index (χ4n) is 1.69. The van der Waals surface area contributed by atoms with Crippen molar-refractivity contribution >= 4 is 18.4 Å². The van der Waals surface area contributed by atoms with Crippen molar-refractivity contribution in [1.82, 2.24) is 0 Å². The van der Waals surface area contributed by atoms with E-state index in [9.17, 15) is 13.5 Å². The summed E-state index contributed by atoms with van der Waals surface area (Å²) in [5, 5.41) is 10.0. The minimum atomic E-state index is -3.84. The van der Waals surface area contributed by atoms with Crippen LogP contribution in [0.2, 0.25) is 18.1 Å². The summed E-state index contributed by atoms with van der Waals surface area (Å²) in [7, 11) is -5.70. The van der Waals surface area contributed by atoms with Gasteiger partial charge in [-0.1, -0.05) is 38.5 Å². The Morgan fingerprint density at radius 2 is 1.71 bits per heavy atom.